The van der Waals surface area contributed by atoms with Crippen molar-refractivity contribution in [3.63, 3.8) is 0 Å². The Morgan fingerprint density at radius 2 is 2.18 bits per heavy atom. The van der Waals surface area contributed by atoms with Crippen molar-refractivity contribution in [2.75, 3.05) is 0 Å². The maximum atomic E-state index is 14.9. The topological polar surface area (TPSA) is 121 Å². The summed E-state index contributed by atoms with van der Waals surface area (Å²) in [4.78, 5) is 21.2. The fourth-order valence-corrected chi connectivity index (χ4v) is 4.80. The Hall–Kier alpha value is -3.71. The van der Waals surface area contributed by atoms with E-state index in [0.29, 0.717) is 28.9 Å². The summed E-state index contributed by atoms with van der Waals surface area (Å²) in [7, 11) is 0. The normalized spacial score (nSPS) is 21.9. The van der Waals surface area contributed by atoms with E-state index < -0.39 is 11.9 Å². The third-order valence-corrected chi connectivity index (χ3v) is 6.65. The maximum Gasteiger partial charge on any atom is 0.238 e. The molecule has 2 aliphatic rings. The van der Waals surface area contributed by atoms with Gasteiger partial charge in [0.2, 0.25) is 5.91 Å². The molecule has 2 fully saturated rings. The van der Waals surface area contributed by atoms with Crippen molar-refractivity contribution in [3.05, 3.63) is 54.0 Å². The van der Waals surface area contributed by atoms with E-state index in [2.05, 4.69) is 37.0 Å². The number of amides is 1. The number of rotatable bonds is 7. The maximum absolute atomic E-state index is 14.9. The van der Waals surface area contributed by atoms with Gasteiger partial charge >= 0.3 is 0 Å². The number of aromatic nitrogens is 5. The van der Waals surface area contributed by atoms with Crippen molar-refractivity contribution in [2.45, 2.75) is 57.2 Å². The summed E-state index contributed by atoms with van der Waals surface area (Å²) in [5, 5.41) is 23.9. The lowest BCUT2D eigenvalue weighted by Crippen LogP contribution is -2.50. The second-order valence-corrected chi connectivity index (χ2v) is 8.87. The number of carbonyl (C=O) groups excluding carboxylic acids is 1. The van der Waals surface area contributed by atoms with Gasteiger partial charge in [-0.25, -0.2) is 19.0 Å². The number of piperidine rings is 1. The minimum absolute atomic E-state index is 0.0822. The number of fused-ring (bicyclic) bond motifs is 2. The number of halogens is 1. The van der Waals surface area contributed by atoms with Crippen LogP contribution >= 0.6 is 0 Å². The van der Waals surface area contributed by atoms with Gasteiger partial charge in [-0.05, 0) is 42.9 Å². The third-order valence-electron chi connectivity index (χ3n) is 6.65. The van der Waals surface area contributed by atoms with Gasteiger partial charge in [-0.2, -0.15) is 5.26 Å². The summed E-state index contributed by atoms with van der Waals surface area (Å²) in [5.41, 5.74) is 2.14. The van der Waals surface area contributed by atoms with Crippen LogP contribution in [0.2, 0.25) is 0 Å². The Morgan fingerprint density at radius 1 is 1.35 bits per heavy atom. The van der Waals surface area contributed by atoms with Crippen LogP contribution in [-0.4, -0.2) is 49.0 Å². The molecule has 1 aliphatic heterocycles. The van der Waals surface area contributed by atoms with E-state index in [-0.39, 0.29) is 18.4 Å². The highest BCUT2D eigenvalue weighted by atomic mass is 19.1. The minimum atomic E-state index is -0.808. The van der Waals surface area contributed by atoms with Crippen LogP contribution in [0.4, 0.5) is 4.39 Å². The molecule has 2 aromatic heterocycles. The van der Waals surface area contributed by atoms with Crippen LogP contribution in [0, 0.1) is 23.1 Å². The molecule has 174 valence electrons. The molecule has 0 spiro atoms. The molecule has 1 aliphatic carbocycles. The first-order valence-electron chi connectivity index (χ1n) is 11.5. The molecular weight excluding hydrogens is 435 g/mol. The molecule has 9 nitrogen and oxygen atoms in total. The Labute approximate surface area is 196 Å². The quantitative estimate of drug-likeness (QED) is 0.554. The summed E-state index contributed by atoms with van der Waals surface area (Å²) >= 11 is 0. The van der Waals surface area contributed by atoms with Gasteiger partial charge in [-0.15, -0.1) is 5.10 Å². The van der Waals surface area contributed by atoms with Gasteiger partial charge in [0.25, 0.3) is 0 Å². The molecule has 5 rings (SSSR count). The zero-order chi connectivity index (χ0) is 23.7. The van der Waals surface area contributed by atoms with Gasteiger partial charge in [-0.3, -0.25) is 4.79 Å². The van der Waals surface area contributed by atoms with E-state index in [0.717, 1.165) is 37.1 Å². The monoisotopic (exact) mass is 460 g/mol. The predicted octanol–water partition coefficient (Wildman–Crippen LogP) is 2.12. The van der Waals surface area contributed by atoms with Gasteiger partial charge < -0.3 is 10.6 Å². The van der Waals surface area contributed by atoms with Crippen LogP contribution in [0.25, 0.3) is 16.9 Å². The molecular formula is C24H25FN8O. The van der Waals surface area contributed by atoms with Gasteiger partial charge in [0, 0.05) is 36.8 Å². The average molecular weight is 461 g/mol. The second-order valence-electron chi connectivity index (χ2n) is 8.87. The number of hydrogen-bond acceptors (Lipinski definition) is 7. The molecule has 3 aromatic rings. The SMILES string of the molecule is CCc1ncc(-c2cn(-c3ccc(C[C@@H](C#N)NC(=O)[C@H]4N[C@@H]5CC[C@H]4C5)c(F)c3)nn2)cn1. The van der Waals surface area contributed by atoms with Crippen LogP contribution in [-0.2, 0) is 17.6 Å². The Bertz CT molecular complexity index is 1230. The molecule has 0 unspecified atom stereocenters. The molecule has 1 amide bonds. The lowest BCUT2D eigenvalue weighted by molar-refractivity contribution is -0.124. The van der Waals surface area contributed by atoms with Crippen molar-refractivity contribution in [3.8, 4) is 23.0 Å². The Morgan fingerprint density at radius 3 is 2.82 bits per heavy atom. The molecule has 1 saturated carbocycles. The second kappa shape index (κ2) is 9.27. The highest BCUT2D eigenvalue weighted by Crippen LogP contribution is 2.35. The van der Waals surface area contributed by atoms with Crippen molar-refractivity contribution in [1.82, 2.24) is 35.6 Å². The zero-order valence-electron chi connectivity index (χ0n) is 18.8. The van der Waals surface area contributed by atoms with E-state index in [4.69, 9.17) is 0 Å². The van der Waals surface area contributed by atoms with Crippen LogP contribution < -0.4 is 10.6 Å². The molecule has 3 heterocycles. The van der Waals surface area contributed by atoms with E-state index >= 15 is 0 Å². The number of hydrogen-bond donors (Lipinski definition) is 2. The van der Waals surface area contributed by atoms with Crippen LogP contribution in [0.1, 0.15) is 37.6 Å². The molecule has 2 N–H and O–H groups in total. The van der Waals surface area contributed by atoms with E-state index in [9.17, 15) is 14.4 Å². The lowest BCUT2D eigenvalue weighted by Gasteiger charge is -2.23. The average Bonchev–Trinajstić information content (AvgIpc) is 3.62. The molecule has 1 saturated heterocycles. The highest BCUT2D eigenvalue weighted by Gasteiger charge is 2.43. The number of carbonyl (C=O) groups is 1. The van der Waals surface area contributed by atoms with Gasteiger partial charge in [0.15, 0.2) is 0 Å². The summed E-state index contributed by atoms with van der Waals surface area (Å²) in [6, 6.07) is 6.08. The fraction of sp³-hybridized carbons (Fsp3) is 0.417. The van der Waals surface area contributed by atoms with Crippen molar-refractivity contribution >= 4 is 5.91 Å². The summed E-state index contributed by atoms with van der Waals surface area (Å²) in [5.74, 6) is 0.413. The standard InChI is InChI=1S/C24H25FN8O/c1-2-22-27-11-16(12-28-22)21-13-33(32-31-21)19-6-4-14(20(25)9-19)7-18(10-26)30-24(34)23-15-3-5-17(8-15)29-23/h4,6,9,11-13,15,17-18,23,29H,2-3,5,7-8H2,1H3,(H,30,34)/t15-,17+,18-,23-/m0/s1. The van der Waals surface area contributed by atoms with E-state index in [1.54, 1.807) is 30.7 Å². The van der Waals surface area contributed by atoms with Crippen LogP contribution in [0.5, 0.6) is 0 Å². The molecule has 10 heteroatoms. The summed E-state index contributed by atoms with van der Waals surface area (Å²) < 4.78 is 16.4. The van der Waals surface area contributed by atoms with E-state index in [1.807, 2.05) is 6.92 Å². The molecule has 4 atom stereocenters. The first-order chi connectivity index (χ1) is 16.5. The highest BCUT2D eigenvalue weighted by molar-refractivity contribution is 5.83. The molecule has 1 aromatic carbocycles. The minimum Gasteiger partial charge on any atom is -0.339 e. The number of nitriles is 1. The first kappa shape index (κ1) is 22.1. The third kappa shape index (κ3) is 4.39. The van der Waals surface area contributed by atoms with Crippen molar-refractivity contribution < 1.29 is 9.18 Å². The number of nitrogens with one attached hydrogen (secondary N) is 2. The van der Waals surface area contributed by atoms with E-state index in [1.165, 1.54) is 10.7 Å². The smallest absolute Gasteiger partial charge is 0.238 e. The first-order valence-corrected chi connectivity index (χ1v) is 11.5. The van der Waals surface area contributed by atoms with Crippen LogP contribution in [0.3, 0.4) is 0 Å². The van der Waals surface area contributed by atoms with Gasteiger partial charge in [0.05, 0.1) is 24.0 Å². The van der Waals surface area contributed by atoms with Gasteiger partial charge in [0.1, 0.15) is 23.4 Å². The Kier molecular flexibility index (Phi) is 6.02. The summed E-state index contributed by atoms with van der Waals surface area (Å²) in [6.45, 7) is 1.98. The molecule has 34 heavy (non-hydrogen) atoms. The number of aryl methyl sites for hydroxylation is 1. The Balaban J connectivity index is 1.25. The van der Waals surface area contributed by atoms with Crippen molar-refractivity contribution in [1.29, 1.82) is 5.26 Å². The number of benzene rings is 1. The largest absolute Gasteiger partial charge is 0.339 e. The lowest BCUT2D eigenvalue weighted by atomic mass is 9.98. The van der Waals surface area contributed by atoms with Crippen LogP contribution in [0.15, 0.2) is 36.8 Å². The molecule has 0 radical (unpaired) electrons. The fourth-order valence-electron chi connectivity index (χ4n) is 4.80. The summed E-state index contributed by atoms with van der Waals surface area (Å²) in [6.07, 6.45) is 9.01. The zero-order valence-corrected chi connectivity index (χ0v) is 18.8. The van der Waals surface area contributed by atoms with Crippen molar-refractivity contribution in [2.24, 2.45) is 5.92 Å². The predicted molar refractivity (Wildman–Crippen MR) is 121 cm³/mol. The number of nitrogens with zero attached hydrogens (tertiary/aromatic N) is 6. The van der Waals surface area contributed by atoms with Gasteiger partial charge in [-0.1, -0.05) is 18.2 Å². The molecule has 2 bridgehead atoms.